The molecule has 1 aromatic carbocycles. The minimum Gasteiger partial charge on any atom is -0.481 e. The molecule has 0 aliphatic rings. The van der Waals surface area contributed by atoms with Gasteiger partial charge in [0.05, 0.1) is 5.92 Å². The van der Waals surface area contributed by atoms with Crippen LogP contribution >= 0.6 is 0 Å². The fourth-order valence-corrected chi connectivity index (χ4v) is 2.08. The topological polar surface area (TPSA) is 57.6 Å². The van der Waals surface area contributed by atoms with E-state index in [0.717, 1.165) is 12.0 Å². The van der Waals surface area contributed by atoms with E-state index >= 15 is 0 Å². The maximum atomic E-state index is 12.3. The van der Waals surface area contributed by atoms with Crippen molar-refractivity contribution < 1.29 is 14.7 Å². The van der Waals surface area contributed by atoms with Crippen molar-refractivity contribution in [1.29, 1.82) is 0 Å². The van der Waals surface area contributed by atoms with Crippen LogP contribution in [0.1, 0.15) is 37.7 Å². The van der Waals surface area contributed by atoms with Crippen LogP contribution in [-0.2, 0) is 9.59 Å². The minimum atomic E-state index is -0.823. The maximum Gasteiger partial charge on any atom is 0.303 e. The summed E-state index contributed by atoms with van der Waals surface area (Å²) in [5.74, 6) is -0.911. The first-order valence-corrected chi connectivity index (χ1v) is 6.58. The number of carboxylic acids is 1. The van der Waals surface area contributed by atoms with Crippen molar-refractivity contribution in [1.82, 2.24) is 4.90 Å². The lowest BCUT2D eigenvalue weighted by Crippen LogP contribution is -2.32. The van der Waals surface area contributed by atoms with Crippen LogP contribution in [0.5, 0.6) is 0 Å². The lowest BCUT2D eigenvalue weighted by molar-refractivity contribution is -0.138. The molecule has 0 bridgehead atoms. The number of rotatable bonds is 7. The molecule has 0 saturated carbocycles. The molecule has 1 amide bonds. The average molecular weight is 263 g/mol. The van der Waals surface area contributed by atoms with E-state index in [9.17, 15) is 9.59 Å². The van der Waals surface area contributed by atoms with Crippen molar-refractivity contribution in [3.8, 4) is 0 Å². The van der Waals surface area contributed by atoms with Gasteiger partial charge in [0, 0.05) is 20.0 Å². The Labute approximate surface area is 114 Å². The molecule has 4 heteroatoms. The number of hydrogen-bond donors (Lipinski definition) is 1. The van der Waals surface area contributed by atoms with Crippen LogP contribution in [-0.4, -0.2) is 35.5 Å². The summed E-state index contributed by atoms with van der Waals surface area (Å²) in [6.07, 6.45) is 1.33. The Morgan fingerprint density at radius 1 is 1.26 bits per heavy atom. The Balaban J connectivity index is 2.61. The van der Waals surface area contributed by atoms with Crippen LogP contribution in [0, 0.1) is 0 Å². The molecule has 1 aromatic rings. The monoisotopic (exact) mass is 263 g/mol. The van der Waals surface area contributed by atoms with E-state index in [4.69, 9.17) is 5.11 Å². The van der Waals surface area contributed by atoms with Gasteiger partial charge in [0.1, 0.15) is 0 Å². The number of carbonyl (C=O) groups is 2. The smallest absolute Gasteiger partial charge is 0.303 e. The summed E-state index contributed by atoms with van der Waals surface area (Å²) < 4.78 is 0. The van der Waals surface area contributed by atoms with Gasteiger partial charge in [0.15, 0.2) is 0 Å². The molecule has 0 fully saturated rings. The molecule has 0 spiro atoms. The normalized spacial score (nSPS) is 11.9. The van der Waals surface area contributed by atoms with Gasteiger partial charge in [-0.3, -0.25) is 9.59 Å². The van der Waals surface area contributed by atoms with Crippen LogP contribution in [0.2, 0.25) is 0 Å². The summed E-state index contributed by atoms with van der Waals surface area (Å²) in [4.78, 5) is 24.4. The van der Waals surface area contributed by atoms with E-state index in [1.165, 1.54) is 0 Å². The van der Waals surface area contributed by atoms with E-state index in [1.54, 1.807) is 11.9 Å². The zero-order valence-electron chi connectivity index (χ0n) is 11.5. The van der Waals surface area contributed by atoms with Gasteiger partial charge < -0.3 is 10.0 Å². The quantitative estimate of drug-likeness (QED) is 0.822. The van der Waals surface area contributed by atoms with E-state index in [1.807, 2.05) is 37.3 Å². The minimum absolute atomic E-state index is 0.0547. The van der Waals surface area contributed by atoms with Crippen molar-refractivity contribution in [2.24, 2.45) is 0 Å². The number of carbonyl (C=O) groups excluding carboxylic acids is 1. The third kappa shape index (κ3) is 4.73. The number of likely N-dealkylation sites (N-methyl/N-ethyl adjacent to an activating group) is 1. The van der Waals surface area contributed by atoms with Gasteiger partial charge in [0.25, 0.3) is 0 Å². The molecule has 0 aromatic heterocycles. The molecule has 0 heterocycles. The highest BCUT2D eigenvalue weighted by atomic mass is 16.4. The van der Waals surface area contributed by atoms with Crippen molar-refractivity contribution >= 4 is 11.9 Å². The molecule has 19 heavy (non-hydrogen) atoms. The van der Waals surface area contributed by atoms with Crippen LogP contribution in [0.25, 0.3) is 0 Å². The van der Waals surface area contributed by atoms with Crippen molar-refractivity contribution in [3.05, 3.63) is 35.9 Å². The lowest BCUT2D eigenvalue weighted by Gasteiger charge is -2.23. The first-order valence-electron chi connectivity index (χ1n) is 6.58. The molecule has 0 aliphatic carbocycles. The van der Waals surface area contributed by atoms with Gasteiger partial charge in [0.2, 0.25) is 5.91 Å². The fourth-order valence-electron chi connectivity index (χ4n) is 2.08. The van der Waals surface area contributed by atoms with Crippen LogP contribution in [0.15, 0.2) is 30.3 Å². The summed E-state index contributed by atoms with van der Waals surface area (Å²) in [5, 5.41) is 8.59. The highest BCUT2D eigenvalue weighted by molar-refractivity contribution is 5.83. The fraction of sp³-hybridized carbons (Fsp3) is 0.467. The summed E-state index contributed by atoms with van der Waals surface area (Å²) in [6, 6.07) is 9.69. The first kappa shape index (κ1) is 15.2. The number of aliphatic carboxylic acids is 1. The second-order valence-electron chi connectivity index (χ2n) is 4.63. The Kier molecular flexibility index (Phi) is 6.06. The Hall–Kier alpha value is -1.84. The molecule has 0 saturated heterocycles. The Morgan fingerprint density at radius 3 is 2.42 bits per heavy atom. The summed E-state index contributed by atoms with van der Waals surface area (Å²) in [7, 11) is 1.73. The summed E-state index contributed by atoms with van der Waals surface area (Å²) >= 11 is 0. The van der Waals surface area contributed by atoms with Crippen molar-refractivity contribution in [2.75, 3.05) is 13.6 Å². The molecule has 1 N–H and O–H groups in total. The molecule has 104 valence electrons. The highest BCUT2D eigenvalue weighted by Gasteiger charge is 2.21. The zero-order chi connectivity index (χ0) is 14.3. The number of carboxylic acid groups (broad SMARTS) is 1. The Bertz CT molecular complexity index is 417. The molecule has 0 radical (unpaired) electrons. The third-order valence-corrected chi connectivity index (χ3v) is 3.17. The van der Waals surface area contributed by atoms with Crippen LogP contribution in [0.3, 0.4) is 0 Å². The van der Waals surface area contributed by atoms with E-state index in [2.05, 4.69) is 0 Å². The summed E-state index contributed by atoms with van der Waals surface area (Å²) in [5.41, 5.74) is 1.01. The van der Waals surface area contributed by atoms with Gasteiger partial charge in [-0.25, -0.2) is 0 Å². The number of nitrogens with zero attached hydrogens (tertiary/aromatic N) is 1. The van der Waals surface area contributed by atoms with Gasteiger partial charge in [-0.1, -0.05) is 37.3 Å². The molecule has 0 aliphatic heterocycles. The van der Waals surface area contributed by atoms with Crippen LogP contribution in [0.4, 0.5) is 0 Å². The summed E-state index contributed by atoms with van der Waals surface area (Å²) in [6.45, 7) is 2.47. The zero-order valence-corrected chi connectivity index (χ0v) is 11.5. The highest BCUT2D eigenvalue weighted by Crippen LogP contribution is 2.21. The molecular formula is C15H21NO3. The lowest BCUT2D eigenvalue weighted by atomic mass is 9.95. The molecule has 1 unspecified atom stereocenters. The first-order chi connectivity index (χ1) is 9.06. The van der Waals surface area contributed by atoms with Gasteiger partial charge >= 0.3 is 5.97 Å². The third-order valence-electron chi connectivity index (χ3n) is 3.17. The van der Waals surface area contributed by atoms with Gasteiger partial charge in [-0.2, -0.15) is 0 Å². The predicted octanol–water partition coefficient (Wildman–Crippen LogP) is 2.50. The van der Waals surface area contributed by atoms with E-state index in [-0.39, 0.29) is 18.2 Å². The second kappa shape index (κ2) is 7.56. The Morgan fingerprint density at radius 2 is 1.89 bits per heavy atom. The largest absolute Gasteiger partial charge is 0.481 e. The second-order valence-corrected chi connectivity index (χ2v) is 4.63. The molecule has 1 rings (SSSR count). The number of amides is 1. The van der Waals surface area contributed by atoms with E-state index < -0.39 is 5.97 Å². The van der Waals surface area contributed by atoms with Crippen molar-refractivity contribution in [3.63, 3.8) is 0 Å². The van der Waals surface area contributed by atoms with Gasteiger partial charge in [-0.15, -0.1) is 0 Å². The number of benzene rings is 1. The van der Waals surface area contributed by atoms with Crippen molar-refractivity contribution in [2.45, 2.75) is 32.1 Å². The molecular weight excluding hydrogens is 242 g/mol. The predicted molar refractivity (Wildman–Crippen MR) is 74.0 cm³/mol. The number of hydrogen-bond acceptors (Lipinski definition) is 2. The van der Waals surface area contributed by atoms with Crippen LogP contribution < -0.4 is 0 Å². The maximum absolute atomic E-state index is 12.3. The molecule has 4 nitrogen and oxygen atoms in total. The average Bonchev–Trinajstić information content (AvgIpc) is 2.40. The SMILES string of the molecule is CCC(C(=O)N(C)CCCC(=O)O)c1ccccc1. The standard InChI is InChI=1S/C15H21NO3/c1-3-13(12-8-5-4-6-9-12)15(19)16(2)11-7-10-14(17)18/h4-6,8-9,13H,3,7,10-11H2,1-2H3,(H,17,18). The van der Waals surface area contributed by atoms with Gasteiger partial charge in [-0.05, 0) is 18.4 Å². The van der Waals surface area contributed by atoms with E-state index in [0.29, 0.717) is 13.0 Å². The molecule has 1 atom stereocenters.